The maximum atomic E-state index is 13.1. The summed E-state index contributed by atoms with van der Waals surface area (Å²) in [6.45, 7) is 2.25. The monoisotopic (exact) mass is 498 g/mol. The number of hydrogen-bond donors (Lipinski definition) is 1. The second-order valence-corrected chi connectivity index (χ2v) is 11.6. The van der Waals surface area contributed by atoms with E-state index in [1.165, 1.54) is 11.1 Å². The van der Waals surface area contributed by atoms with Crippen LogP contribution in [0.25, 0.3) is 10.2 Å². The number of aromatic nitrogens is 1. The number of nitrogens with zero attached hydrogens (tertiary/aromatic N) is 1. The number of thiazole rings is 1. The fourth-order valence-electron chi connectivity index (χ4n) is 4.37. The maximum absolute atomic E-state index is 13.1. The molecule has 0 saturated carbocycles. The van der Waals surface area contributed by atoms with E-state index in [1.807, 2.05) is 25.1 Å². The summed E-state index contributed by atoms with van der Waals surface area (Å²) in [7, 11) is -3.75. The summed E-state index contributed by atoms with van der Waals surface area (Å²) in [5.74, 6) is 0. The third kappa shape index (κ3) is 4.51. The van der Waals surface area contributed by atoms with Crippen molar-refractivity contribution in [3.05, 3.63) is 97.6 Å². The van der Waals surface area contributed by atoms with Gasteiger partial charge in [-0.05, 0) is 78.8 Å². The second-order valence-electron chi connectivity index (χ2n) is 8.43. The lowest BCUT2D eigenvalue weighted by molar-refractivity contribution is 0.567. The Bertz CT molecular complexity index is 1510. The second kappa shape index (κ2) is 8.72. The van der Waals surface area contributed by atoms with Crippen molar-refractivity contribution < 1.29 is 8.42 Å². The predicted octanol–water partition coefficient (Wildman–Crippen LogP) is 5.29. The van der Waals surface area contributed by atoms with Gasteiger partial charge in [0.05, 0.1) is 21.7 Å². The van der Waals surface area contributed by atoms with Crippen molar-refractivity contribution in [2.45, 2.75) is 43.7 Å². The highest BCUT2D eigenvalue weighted by Gasteiger charge is 2.21. The highest BCUT2D eigenvalue weighted by Crippen LogP contribution is 2.27. The van der Waals surface area contributed by atoms with Crippen molar-refractivity contribution in [2.24, 2.45) is 0 Å². The molecular formula is C25H23ClN2O3S2. The molecule has 0 aliphatic heterocycles. The molecule has 8 heteroatoms. The zero-order valence-corrected chi connectivity index (χ0v) is 20.4. The number of nitrogens with one attached hydrogen (secondary N) is 1. The Morgan fingerprint density at radius 1 is 1.03 bits per heavy atom. The van der Waals surface area contributed by atoms with Crippen molar-refractivity contribution in [1.82, 2.24) is 9.29 Å². The number of aryl methyl sites for hydroxylation is 2. The summed E-state index contributed by atoms with van der Waals surface area (Å²) in [5, 5.41) is 0.637. The Morgan fingerprint density at radius 2 is 1.79 bits per heavy atom. The average Bonchev–Trinajstić information content (AvgIpc) is 3.38. The number of sulfonamides is 1. The molecule has 1 heterocycles. The van der Waals surface area contributed by atoms with Gasteiger partial charge < -0.3 is 0 Å². The SMILES string of the molecule is C[C@@H](NS(=O)(=O)c1ccc2c(c1)sc(=O)n2Cc1ccc(Cl)cc1)c1ccc2c(c1)CCC2. The molecule has 1 aromatic heterocycles. The maximum Gasteiger partial charge on any atom is 0.308 e. The number of fused-ring (bicyclic) bond motifs is 2. The summed E-state index contributed by atoms with van der Waals surface area (Å²) < 4.78 is 31.3. The van der Waals surface area contributed by atoms with Gasteiger partial charge >= 0.3 is 4.87 Å². The fraction of sp³-hybridized carbons (Fsp3) is 0.240. The van der Waals surface area contributed by atoms with E-state index in [0.717, 1.165) is 41.7 Å². The number of rotatable bonds is 6. The first-order valence-electron chi connectivity index (χ1n) is 10.8. The first-order valence-corrected chi connectivity index (χ1v) is 13.5. The minimum atomic E-state index is -3.75. The van der Waals surface area contributed by atoms with Crippen molar-refractivity contribution >= 4 is 43.2 Å². The standard InChI is InChI=1S/C25H23ClN2O3S2/c1-16(19-8-7-18-3-2-4-20(18)13-19)27-33(30,31)22-11-12-23-24(14-22)32-25(29)28(23)15-17-5-9-21(26)10-6-17/h5-14,16,27H,2-4,15H2,1H3/t16-/m1/s1. The quantitative estimate of drug-likeness (QED) is 0.392. The molecule has 0 spiro atoms. The van der Waals surface area contributed by atoms with Gasteiger partial charge in [0, 0.05) is 11.1 Å². The summed E-state index contributed by atoms with van der Waals surface area (Å²) in [4.78, 5) is 12.6. The Labute approximate surface area is 201 Å². The van der Waals surface area contributed by atoms with Gasteiger partial charge in [0.1, 0.15) is 0 Å². The van der Waals surface area contributed by atoms with Crippen LogP contribution in [0.3, 0.4) is 0 Å². The van der Waals surface area contributed by atoms with Crippen LogP contribution in [-0.4, -0.2) is 13.0 Å². The number of benzene rings is 3. The fourth-order valence-corrected chi connectivity index (χ4v) is 6.75. The van der Waals surface area contributed by atoms with Gasteiger partial charge in [0.25, 0.3) is 0 Å². The van der Waals surface area contributed by atoms with E-state index in [1.54, 1.807) is 34.9 Å². The Balaban J connectivity index is 1.41. The van der Waals surface area contributed by atoms with Gasteiger partial charge in [-0.1, -0.05) is 53.3 Å². The summed E-state index contributed by atoms with van der Waals surface area (Å²) in [5.41, 5.74) is 5.29. The van der Waals surface area contributed by atoms with Crippen molar-refractivity contribution in [3.63, 3.8) is 0 Å². The normalized spacial score (nSPS) is 14.5. The Morgan fingerprint density at radius 3 is 2.58 bits per heavy atom. The lowest BCUT2D eigenvalue weighted by Gasteiger charge is -2.16. The largest absolute Gasteiger partial charge is 0.308 e. The van der Waals surface area contributed by atoms with Crippen LogP contribution in [0.2, 0.25) is 5.02 Å². The lowest BCUT2D eigenvalue weighted by Crippen LogP contribution is -2.27. The Kier molecular flexibility index (Phi) is 5.91. The predicted molar refractivity (Wildman–Crippen MR) is 134 cm³/mol. The molecule has 0 unspecified atom stereocenters. The molecule has 4 aromatic rings. The van der Waals surface area contributed by atoms with Crippen LogP contribution in [0.1, 0.15) is 41.6 Å². The molecule has 33 heavy (non-hydrogen) atoms. The van der Waals surface area contributed by atoms with Gasteiger partial charge in [-0.25, -0.2) is 13.1 Å². The van der Waals surface area contributed by atoms with E-state index in [9.17, 15) is 13.2 Å². The topological polar surface area (TPSA) is 68.2 Å². The first-order chi connectivity index (χ1) is 15.8. The van der Waals surface area contributed by atoms with E-state index in [-0.39, 0.29) is 15.8 Å². The molecule has 5 rings (SSSR count). The van der Waals surface area contributed by atoms with Crippen LogP contribution in [0, 0.1) is 0 Å². The summed E-state index contributed by atoms with van der Waals surface area (Å²) in [6, 6.07) is 18.0. The molecular weight excluding hydrogens is 476 g/mol. The van der Waals surface area contributed by atoms with Crippen LogP contribution in [0.5, 0.6) is 0 Å². The third-order valence-electron chi connectivity index (χ3n) is 6.16. The van der Waals surface area contributed by atoms with Crippen molar-refractivity contribution in [1.29, 1.82) is 0 Å². The van der Waals surface area contributed by atoms with Crippen LogP contribution in [0.15, 0.2) is 70.4 Å². The minimum Gasteiger partial charge on any atom is -0.294 e. The van der Waals surface area contributed by atoms with Crippen molar-refractivity contribution in [2.75, 3.05) is 0 Å². The molecule has 1 aliphatic carbocycles. The smallest absolute Gasteiger partial charge is 0.294 e. The lowest BCUT2D eigenvalue weighted by atomic mass is 10.0. The highest BCUT2D eigenvalue weighted by molar-refractivity contribution is 7.89. The van der Waals surface area contributed by atoms with Crippen LogP contribution < -0.4 is 9.60 Å². The molecule has 5 nitrogen and oxygen atoms in total. The van der Waals surface area contributed by atoms with E-state index in [2.05, 4.69) is 16.9 Å². The zero-order valence-electron chi connectivity index (χ0n) is 18.0. The Hall–Kier alpha value is -2.45. The number of halogens is 1. The summed E-state index contributed by atoms with van der Waals surface area (Å²) in [6.07, 6.45) is 3.29. The minimum absolute atomic E-state index is 0.131. The van der Waals surface area contributed by atoms with Gasteiger partial charge in [-0.2, -0.15) is 0 Å². The molecule has 0 bridgehead atoms. The van der Waals surface area contributed by atoms with E-state index in [0.29, 0.717) is 21.8 Å². The van der Waals surface area contributed by atoms with Crippen LogP contribution in [-0.2, 0) is 29.4 Å². The summed E-state index contributed by atoms with van der Waals surface area (Å²) >= 11 is 7.00. The van der Waals surface area contributed by atoms with Crippen LogP contribution >= 0.6 is 22.9 Å². The highest BCUT2D eigenvalue weighted by atomic mass is 35.5. The van der Waals surface area contributed by atoms with Gasteiger partial charge in [0.15, 0.2) is 0 Å². The van der Waals surface area contributed by atoms with E-state index >= 15 is 0 Å². The van der Waals surface area contributed by atoms with Gasteiger partial charge in [-0.3, -0.25) is 9.36 Å². The molecule has 1 aliphatic rings. The molecule has 0 amide bonds. The van der Waals surface area contributed by atoms with E-state index < -0.39 is 10.0 Å². The first kappa shape index (κ1) is 22.3. The molecule has 1 N–H and O–H groups in total. The molecule has 1 atom stereocenters. The van der Waals surface area contributed by atoms with Gasteiger partial charge in [-0.15, -0.1) is 0 Å². The third-order valence-corrected chi connectivity index (χ3v) is 8.89. The van der Waals surface area contributed by atoms with Crippen LogP contribution in [0.4, 0.5) is 0 Å². The molecule has 170 valence electrons. The molecule has 0 radical (unpaired) electrons. The van der Waals surface area contributed by atoms with Gasteiger partial charge in [0.2, 0.25) is 10.0 Å². The molecule has 3 aromatic carbocycles. The van der Waals surface area contributed by atoms with E-state index in [4.69, 9.17) is 11.6 Å². The zero-order chi connectivity index (χ0) is 23.2. The average molecular weight is 499 g/mol. The van der Waals surface area contributed by atoms with Crippen molar-refractivity contribution in [3.8, 4) is 0 Å². The number of hydrogen-bond acceptors (Lipinski definition) is 4. The molecule has 0 saturated heterocycles. The molecule has 0 fully saturated rings.